The number of benzene rings is 1. The van der Waals surface area contributed by atoms with Crippen molar-refractivity contribution in [1.29, 1.82) is 0 Å². The van der Waals surface area contributed by atoms with Crippen LogP contribution in [0.3, 0.4) is 0 Å². The highest BCUT2D eigenvalue weighted by atomic mass is 32.1. The number of ether oxygens (including phenoxy) is 1. The van der Waals surface area contributed by atoms with E-state index in [0.29, 0.717) is 6.54 Å². The topological polar surface area (TPSA) is 67.4 Å². The summed E-state index contributed by atoms with van der Waals surface area (Å²) in [5.41, 5.74) is 0.879. The zero-order valence-electron chi connectivity index (χ0n) is 14.3. The molecule has 1 aromatic heterocycles. The van der Waals surface area contributed by atoms with Gasteiger partial charge in [0.15, 0.2) is 0 Å². The van der Waals surface area contributed by atoms with E-state index in [0.717, 1.165) is 17.7 Å². The zero-order valence-corrected chi connectivity index (χ0v) is 15.1. The maximum absolute atomic E-state index is 12.0. The molecule has 1 unspecified atom stereocenters. The number of carbonyl (C=O) groups excluding carboxylic acids is 2. The minimum Gasteiger partial charge on any atom is -0.497 e. The van der Waals surface area contributed by atoms with Crippen molar-refractivity contribution in [2.45, 2.75) is 19.4 Å². The van der Waals surface area contributed by atoms with E-state index in [2.05, 4.69) is 10.6 Å². The van der Waals surface area contributed by atoms with Crippen LogP contribution in [0, 0.1) is 0 Å². The van der Waals surface area contributed by atoms with E-state index in [1.54, 1.807) is 31.4 Å². The first-order valence-corrected chi connectivity index (χ1v) is 8.89. The van der Waals surface area contributed by atoms with Gasteiger partial charge in [-0.2, -0.15) is 0 Å². The lowest BCUT2D eigenvalue weighted by Crippen LogP contribution is -2.44. The summed E-state index contributed by atoms with van der Waals surface area (Å²) in [4.78, 5) is 25.1. The van der Waals surface area contributed by atoms with Crippen LogP contribution in [-0.4, -0.2) is 31.5 Å². The highest BCUT2D eigenvalue weighted by Crippen LogP contribution is 2.12. The van der Waals surface area contributed by atoms with E-state index >= 15 is 0 Å². The lowest BCUT2D eigenvalue weighted by atomic mass is 10.2. The Balaban J connectivity index is 1.74. The predicted octanol–water partition coefficient (Wildman–Crippen LogP) is 2.63. The summed E-state index contributed by atoms with van der Waals surface area (Å²) in [6, 6.07) is 10.8. The summed E-state index contributed by atoms with van der Waals surface area (Å²) in [5, 5.41) is 7.49. The zero-order chi connectivity index (χ0) is 18.1. The molecule has 0 radical (unpaired) electrons. The van der Waals surface area contributed by atoms with Crippen LogP contribution in [0.15, 0.2) is 47.9 Å². The van der Waals surface area contributed by atoms with Crippen molar-refractivity contribution >= 4 is 29.2 Å². The van der Waals surface area contributed by atoms with Crippen molar-refractivity contribution in [3.05, 3.63) is 58.3 Å². The third-order valence-electron chi connectivity index (χ3n) is 3.55. The van der Waals surface area contributed by atoms with E-state index in [1.165, 1.54) is 11.0 Å². The average molecular weight is 358 g/mol. The smallest absolute Gasteiger partial charge is 0.244 e. The molecule has 2 amide bonds. The lowest BCUT2D eigenvalue weighted by Gasteiger charge is -2.12. The molecule has 5 nitrogen and oxygen atoms in total. The highest BCUT2D eigenvalue weighted by molar-refractivity contribution is 7.09. The van der Waals surface area contributed by atoms with Gasteiger partial charge in [0, 0.05) is 17.5 Å². The Labute approximate surface area is 151 Å². The predicted molar refractivity (Wildman–Crippen MR) is 101 cm³/mol. The molecule has 1 aromatic carbocycles. The molecule has 25 heavy (non-hydrogen) atoms. The second kappa shape index (κ2) is 9.64. The maximum Gasteiger partial charge on any atom is 0.244 e. The van der Waals surface area contributed by atoms with E-state index in [4.69, 9.17) is 4.74 Å². The Morgan fingerprint density at radius 1 is 1.24 bits per heavy atom. The Bertz CT molecular complexity index is 709. The quantitative estimate of drug-likeness (QED) is 0.713. The van der Waals surface area contributed by atoms with Crippen LogP contribution in [0.2, 0.25) is 0 Å². The van der Waals surface area contributed by atoms with Gasteiger partial charge in [-0.3, -0.25) is 9.59 Å². The number of hydrogen-bond donors (Lipinski definition) is 2. The number of thiophene rings is 1. The van der Waals surface area contributed by atoms with E-state index < -0.39 is 6.04 Å². The second-order valence-electron chi connectivity index (χ2n) is 5.46. The molecule has 0 aliphatic carbocycles. The van der Waals surface area contributed by atoms with Crippen molar-refractivity contribution in [2.24, 2.45) is 0 Å². The molecule has 0 aliphatic rings. The number of amides is 2. The van der Waals surface area contributed by atoms with Gasteiger partial charge in [0.2, 0.25) is 11.8 Å². The molecular weight excluding hydrogens is 336 g/mol. The van der Waals surface area contributed by atoms with Gasteiger partial charge in [-0.05, 0) is 48.6 Å². The van der Waals surface area contributed by atoms with Crippen LogP contribution < -0.4 is 15.4 Å². The van der Waals surface area contributed by atoms with Crippen LogP contribution in [0.1, 0.15) is 17.4 Å². The molecule has 0 aliphatic heterocycles. The first kappa shape index (κ1) is 18.7. The van der Waals surface area contributed by atoms with Gasteiger partial charge in [-0.15, -0.1) is 11.3 Å². The fourth-order valence-corrected chi connectivity index (χ4v) is 2.84. The largest absolute Gasteiger partial charge is 0.497 e. The summed E-state index contributed by atoms with van der Waals surface area (Å²) in [6.45, 7) is 2.22. The van der Waals surface area contributed by atoms with Crippen molar-refractivity contribution in [3.8, 4) is 5.75 Å². The van der Waals surface area contributed by atoms with Gasteiger partial charge in [-0.1, -0.05) is 18.2 Å². The minimum absolute atomic E-state index is 0.192. The number of rotatable bonds is 8. The van der Waals surface area contributed by atoms with Gasteiger partial charge >= 0.3 is 0 Å². The van der Waals surface area contributed by atoms with Gasteiger partial charge < -0.3 is 15.4 Å². The van der Waals surface area contributed by atoms with Crippen molar-refractivity contribution in [1.82, 2.24) is 10.6 Å². The molecule has 0 saturated heterocycles. The molecular formula is C19H22N2O3S. The SMILES string of the molecule is COc1ccc(/C=C/C(=O)NC(C)C(=O)NCCc2cccs2)cc1. The Hall–Kier alpha value is -2.60. The molecule has 0 spiro atoms. The van der Waals surface area contributed by atoms with Gasteiger partial charge in [0.25, 0.3) is 0 Å². The molecule has 2 N–H and O–H groups in total. The Kier molecular flexibility index (Phi) is 7.22. The maximum atomic E-state index is 12.0. The first-order valence-electron chi connectivity index (χ1n) is 8.01. The van der Waals surface area contributed by atoms with Crippen LogP contribution in [0.25, 0.3) is 6.08 Å². The molecule has 6 heteroatoms. The summed E-state index contributed by atoms with van der Waals surface area (Å²) in [7, 11) is 1.60. The van der Waals surface area contributed by atoms with E-state index in [-0.39, 0.29) is 11.8 Å². The van der Waals surface area contributed by atoms with Crippen LogP contribution in [0.4, 0.5) is 0 Å². The van der Waals surface area contributed by atoms with Gasteiger partial charge in [-0.25, -0.2) is 0 Å². The standard InChI is InChI=1S/C19H22N2O3S/c1-14(19(23)20-12-11-17-4-3-13-25-17)21-18(22)10-7-15-5-8-16(24-2)9-6-15/h3-10,13-14H,11-12H2,1-2H3,(H,20,23)(H,21,22)/b10-7+. The third kappa shape index (κ3) is 6.43. The normalized spacial score (nSPS) is 11.9. The molecule has 2 aromatic rings. The van der Waals surface area contributed by atoms with E-state index in [1.807, 2.05) is 41.8 Å². The number of hydrogen-bond acceptors (Lipinski definition) is 4. The highest BCUT2D eigenvalue weighted by Gasteiger charge is 2.13. The van der Waals surface area contributed by atoms with Crippen LogP contribution >= 0.6 is 11.3 Å². The van der Waals surface area contributed by atoms with Crippen molar-refractivity contribution in [2.75, 3.05) is 13.7 Å². The molecule has 0 saturated carbocycles. The molecule has 1 atom stereocenters. The Morgan fingerprint density at radius 2 is 2.00 bits per heavy atom. The van der Waals surface area contributed by atoms with E-state index in [9.17, 15) is 9.59 Å². The molecule has 0 fully saturated rings. The van der Waals surface area contributed by atoms with Crippen molar-refractivity contribution in [3.63, 3.8) is 0 Å². The van der Waals surface area contributed by atoms with Crippen LogP contribution in [-0.2, 0) is 16.0 Å². The molecule has 132 valence electrons. The lowest BCUT2D eigenvalue weighted by molar-refractivity contribution is -0.126. The number of methoxy groups -OCH3 is 1. The fraction of sp³-hybridized carbons (Fsp3) is 0.263. The second-order valence-corrected chi connectivity index (χ2v) is 6.49. The summed E-state index contributed by atoms with van der Waals surface area (Å²) < 4.78 is 5.08. The number of nitrogens with one attached hydrogen (secondary N) is 2. The summed E-state index contributed by atoms with van der Waals surface area (Å²) in [6.07, 6.45) is 3.90. The minimum atomic E-state index is -0.587. The molecule has 2 rings (SSSR count). The fourth-order valence-electron chi connectivity index (χ4n) is 2.13. The monoisotopic (exact) mass is 358 g/mol. The molecule has 0 bridgehead atoms. The first-order chi connectivity index (χ1) is 12.1. The molecule has 1 heterocycles. The number of carbonyl (C=O) groups is 2. The van der Waals surface area contributed by atoms with Gasteiger partial charge in [0.05, 0.1) is 7.11 Å². The average Bonchev–Trinajstić information content (AvgIpc) is 3.13. The van der Waals surface area contributed by atoms with Crippen molar-refractivity contribution < 1.29 is 14.3 Å². The Morgan fingerprint density at radius 3 is 2.64 bits per heavy atom. The van der Waals surface area contributed by atoms with Gasteiger partial charge in [0.1, 0.15) is 11.8 Å². The van der Waals surface area contributed by atoms with Crippen LogP contribution in [0.5, 0.6) is 5.75 Å². The third-order valence-corrected chi connectivity index (χ3v) is 4.48. The summed E-state index contributed by atoms with van der Waals surface area (Å²) in [5.74, 6) is 0.258. The summed E-state index contributed by atoms with van der Waals surface area (Å²) >= 11 is 1.66.